The third-order valence-electron chi connectivity index (χ3n) is 1.55. The van der Waals surface area contributed by atoms with Gasteiger partial charge in [0.05, 0.1) is 3.79 Å². The van der Waals surface area contributed by atoms with E-state index in [4.69, 9.17) is 0 Å². The molecule has 0 aliphatic rings. The molecule has 3 nitrogen and oxygen atoms in total. The van der Waals surface area contributed by atoms with Gasteiger partial charge in [0.15, 0.2) is 0 Å². The number of hydrogen-bond donors (Lipinski definition) is 1. The van der Waals surface area contributed by atoms with Gasteiger partial charge in [0, 0.05) is 10.6 Å². The van der Waals surface area contributed by atoms with Crippen LogP contribution in [0.25, 0.3) is 0 Å². The Labute approximate surface area is 98.5 Å². The first-order valence-corrected chi connectivity index (χ1v) is 6.59. The van der Waals surface area contributed by atoms with Crippen molar-refractivity contribution in [2.45, 2.75) is 17.8 Å². The monoisotopic (exact) mass is 289 g/mol. The fourth-order valence-corrected chi connectivity index (χ4v) is 3.32. The quantitative estimate of drug-likeness (QED) is 0.882. The molecule has 6 heteroatoms. The van der Waals surface area contributed by atoms with Crippen LogP contribution in [0.4, 0.5) is 0 Å². The van der Waals surface area contributed by atoms with Gasteiger partial charge < -0.3 is 0 Å². The molecule has 0 amide bonds. The molecule has 2 aromatic rings. The molecule has 0 aromatic carbocycles. The third-order valence-corrected chi connectivity index (χ3v) is 4.25. The second kappa shape index (κ2) is 4.46. The number of H-pyrrole nitrogens is 1. The molecule has 0 aliphatic carbocycles. The lowest BCUT2D eigenvalue weighted by Crippen LogP contribution is -1.77. The number of hydrogen-bond acceptors (Lipinski definition) is 4. The van der Waals surface area contributed by atoms with Crippen molar-refractivity contribution < 1.29 is 0 Å². The van der Waals surface area contributed by atoms with Gasteiger partial charge in [-0.3, -0.25) is 5.10 Å². The average Bonchev–Trinajstić information content (AvgIpc) is 2.72. The standard InChI is InChI=1S/C8H8BrN3S2/c1-5-10-8(12-11-5)13-4-6-2-3-7(9)14-6/h2-3H,4H2,1H3,(H,10,11,12). The molecule has 2 aromatic heterocycles. The van der Waals surface area contributed by atoms with Crippen LogP contribution >= 0.6 is 39.0 Å². The molecule has 0 spiro atoms. The molecule has 2 heterocycles. The van der Waals surface area contributed by atoms with Gasteiger partial charge >= 0.3 is 0 Å². The van der Waals surface area contributed by atoms with E-state index in [1.807, 2.05) is 6.92 Å². The van der Waals surface area contributed by atoms with Crippen molar-refractivity contribution in [3.63, 3.8) is 0 Å². The molecule has 14 heavy (non-hydrogen) atoms. The van der Waals surface area contributed by atoms with Gasteiger partial charge in [0.1, 0.15) is 5.82 Å². The Kier molecular flexibility index (Phi) is 3.25. The Hall–Kier alpha value is -0.330. The van der Waals surface area contributed by atoms with Crippen LogP contribution in [-0.2, 0) is 5.75 Å². The number of nitrogens with zero attached hydrogens (tertiary/aromatic N) is 2. The van der Waals surface area contributed by atoms with Gasteiger partial charge in [-0.1, -0.05) is 11.8 Å². The Morgan fingerprint density at radius 1 is 1.57 bits per heavy atom. The van der Waals surface area contributed by atoms with Crippen molar-refractivity contribution in [2.24, 2.45) is 0 Å². The summed E-state index contributed by atoms with van der Waals surface area (Å²) in [6, 6.07) is 4.17. The summed E-state index contributed by atoms with van der Waals surface area (Å²) in [5.74, 6) is 1.79. The molecule has 0 bridgehead atoms. The molecule has 0 saturated heterocycles. The minimum Gasteiger partial charge on any atom is -0.262 e. The first-order valence-electron chi connectivity index (χ1n) is 4.00. The fraction of sp³-hybridized carbons (Fsp3) is 0.250. The van der Waals surface area contributed by atoms with Crippen molar-refractivity contribution in [2.75, 3.05) is 0 Å². The number of aromatic amines is 1. The molecular weight excluding hydrogens is 282 g/mol. The predicted octanol–water partition coefficient (Wildman–Crippen LogP) is 3.23. The lowest BCUT2D eigenvalue weighted by atomic mass is 10.5. The molecule has 0 saturated carbocycles. The van der Waals surface area contributed by atoms with Crippen LogP contribution in [0.15, 0.2) is 21.1 Å². The van der Waals surface area contributed by atoms with Crippen LogP contribution in [0, 0.1) is 6.92 Å². The minimum absolute atomic E-state index is 0.812. The van der Waals surface area contributed by atoms with Crippen molar-refractivity contribution in [3.05, 3.63) is 26.6 Å². The number of nitrogens with one attached hydrogen (secondary N) is 1. The molecule has 2 rings (SSSR count). The second-order valence-electron chi connectivity index (χ2n) is 2.70. The van der Waals surface area contributed by atoms with E-state index in [9.17, 15) is 0 Å². The summed E-state index contributed by atoms with van der Waals surface area (Å²) in [6.07, 6.45) is 0. The van der Waals surface area contributed by atoms with E-state index in [2.05, 4.69) is 43.2 Å². The number of thiophene rings is 1. The Morgan fingerprint density at radius 2 is 2.43 bits per heavy atom. The van der Waals surface area contributed by atoms with Crippen molar-refractivity contribution >= 4 is 39.0 Å². The zero-order valence-electron chi connectivity index (χ0n) is 7.45. The lowest BCUT2D eigenvalue weighted by molar-refractivity contribution is 0.969. The largest absolute Gasteiger partial charge is 0.262 e. The number of aryl methyl sites for hydroxylation is 1. The minimum atomic E-state index is 0.812. The SMILES string of the molecule is Cc1nc(SCc2ccc(Br)s2)n[nH]1. The molecule has 0 aliphatic heterocycles. The highest BCUT2D eigenvalue weighted by molar-refractivity contribution is 9.11. The molecule has 74 valence electrons. The van der Waals surface area contributed by atoms with Crippen molar-refractivity contribution in [1.82, 2.24) is 15.2 Å². The van der Waals surface area contributed by atoms with E-state index in [0.29, 0.717) is 0 Å². The van der Waals surface area contributed by atoms with E-state index in [1.54, 1.807) is 23.1 Å². The van der Waals surface area contributed by atoms with E-state index < -0.39 is 0 Å². The first kappa shape index (κ1) is 10.2. The summed E-state index contributed by atoms with van der Waals surface area (Å²) < 4.78 is 1.17. The Morgan fingerprint density at radius 3 is 3.00 bits per heavy atom. The summed E-state index contributed by atoms with van der Waals surface area (Å²) in [6.45, 7) is 1.90. The van der Waals surface area contributed by atoms with Crippen molar-refractivity contribution in [1.29, 1.82) is 0 Å². The molecule has 1 N–H and O–H groups in total. The van der Waals surface area contributed by atoms with E-state index in [0.717, 1.165) is 16.7 Å². The van der Waals surface area contributed by atoms with Gasteiger partial charge in [0.2, 0.25) is 5.16 Å². The van der Waals surface area contributed by atoms with Gasteiger partial charge in [-0.25, -0.2) is 4.98 Å². The maximum atomic E-state index is 4.22. The average molecular weight is 290 g/mol. The van der Waals surface area contributed by atoms with E-state index >= 15 is 0 Å². The highest BCUT2D eigenvalue weighted by Gasteiger charge is 2.02. The summed E-state index contributed by atoms with van der Waals surface area (Å²) in [5, 5.41) is 7.69. The third kappa shape index (κ3) is 2.59. The smallest absolute Gasteiger partial charge is 0.208 e. The van der Waals surface area contributed by atoms with Crippen LogP contribution in [0.1, 0.15) is 10.7 Å². The second-order valence-corrected chi connectivity index (χ2v) is 6.19. The number of rotatable bonds is 3. The van der Waals surface area contributed by atoms with Gasteiger partial charge in [-0.15, -0.1) is 16.4 Å². The van der Waals surface area contributed by atoms with Gasteiger partial charge in [-0.2, -0.15) is 0 Å². The maximum absolute atomic E-state index is 4.22. The van der Waals surface area contributed by atoms with Crippen LogP contribution < -0.4 is 0 Å². The maximum Gasteiger partial charge on any atom is 0.208 e. The van der Waals surface area contributed by atoms with Crippen LogP contribution in [0.2, 0.25) is 0 Å². The summed E-state index contributed by atoms with van der Waals surface area (Å²) in [7, 11) is 0. The summed E-state index contributed by atoms with van der Waals surface area (Å²) in [5.41, 5.74) is 0. The Balaban J connectivity index is 1.94. The number of aromatic nitrogens is 3. The molecule has 0 radical (unpaired) electrons. The normalized spacial score (nSPS) is 10.7. The summed E-state index contributed by atoms with van der Waals surface area (Å²) >= 11 is 6.82. The Bertz CT molecular complexity index is 383. The molecular formula is C8H8BrN3S2. The number of thioether (sulfide) groups is 1. The van der Waals surface area contributed by atoms with Gasteiger partial charge in [0.25, 0.3) is 0 Å². The van der Waals surface area contributed by atoms with E-state index in [-0.39, 0.29) is 0 Å². The first-order chi connectivity index (χ1) is 6.74. The van der Waals surface area contributed by atoms with Crippen LogP contribution in [0.3, 0.4) is 0 Å². The van der Waals surface area contributed by atoms with Crippen LogP contribution in [0.5, 0.6) is 0 Å². The van der Waals surface area contributed by atoms with Crippen molar-refractivity contribution in [3.8, 4) is 0 Å². The molecule has 0 fully saturated rings. The zero-order valence-corrected chi connectivity index (χ0v) is 10.7. The van der Waals surface area contributed by atoms with E-state index in [1.165, 1.54) is 8.66 Å². The highest BCUT2D eigenvalue weighted by atomic mass is 79.9. The van der Waals surface area contributed by atoms with Gasteiger partial charge in [-0.05, 0) is 35.0 Å². The molecule has 0 atom stereocenters. The zero-order chi connectivity index (χ0) is 9.97. The highest BCUT2D eigenvalue weighted by Crippen LogP contribution is 2.27. The predicted molar refractivity (Wildman–Crippen MR) is 62.7 cm³/mol. The number of halogens is 1. The summed E-state index contributed by atoms with van der Waals surface area (Å²) in [4.78, 5) is 5.55. The topological polar surface area (TPSA) is 41.6 Å². The lowest BCUT2D eigenvalue weighted by Gasteiger charge is -1.91. The van der Waals surface area contributed by atoms with Crippen LogP contribution in [-0.4, -0.2) is 15.2 Å². The fourth-order valence-electron chi connectivity index (χ4n) is 0.952. The molecule has 0 unspecified atom stereocenters.